The Hall–Kier alpha value is -4.29. The average Bonchev–Trinajstić information content (AvgIpc) is 3.45. The van der Waals surface area contributed by atoms with E-state index in [4.69, 9.17) is 5.26 Å². The number of aromatic nitrogens is 5. The lowest BCUT2D eigenvalue weighted by Crippen LogP contribution is -2.32. The molecule has 172 valence electrons. The molecule has 0 radical (unpaired) electrons. The molecule has 0 fully saturated rings. The molecule has 0 aliphatic rings. The van der Waals surface area contributed by atoms with E-state index >= 15 is 0 Å². The van der Waals surface area contributed by atoms with Gasteiger partial charge in [-0.25, -0.2) is 4.98 Å². The molecule has 9 heteroatoms. The monoisotopic (exact) mass is 454 g/mol. The summed E-state index contributed by atoms with van der Waals surface area (Å²) in [5, 5.41) is 23.7. The number of benzene rings is 1. The first kappa shape index (κ1) is 22.9. The summed E-state index contributed by atoms with van der Waals surface area (Å²) in [6.07, 6.45) is 5.42. The van der Waals surface area contributed by atoms with Crippen molar-refractivity contribution in [1.29, 1.82) is 5.26 Å². The fourth-order valence-corrected chi connectivity index (χ4v) is 3.69. The first-order valence-corrected chi connectivity index (χ1v) is 11.0. The van der Waals surface area contributed by atoms with E-state index < -0.39 is 5.92 Å². The number of amides is 1. The van der Waals surface area contributed by atoms with Crippen LogP contribution in [-0.2, 0) is 18.4 Å². The number of nitriles is 1. The molecule has 0 saturated heterocycles. The fraction of sp³-hybridized carbons (Fsp3) is 0.240. The molecule has 9 nitrogen and oxygen atoms in total. The Morgan fingerprint density at radius 1 is 1.15 bits per heavy atom. The van der Waals surface area contributed by atoms with Crippen LogP contribution in [0.1, 0.15) is 22.9 Å². The minimum atomic E-state index is -0.394. The number of carbonyl (C=O) groups excluding carboxylic acids is 1. The van der Waals surface area contributed by atoms with Gasteiger partial charge in [-0.2, -0.15) is 15.5 Å². The molecule has 0 saturated carbocycles. The van der Waals surface area contributed by atoms with Gasteiger partial charge < -0.3 is 10.6 Å². The van der Waals surface area contributed by atoms with Gasteiger partial charge in [0.1, 0.15) is 11.9 Å². The Bertz CT molecular complexity index is 1280. The Labute approximate surface area is 198 Å². The summed E-state index contributed by atoms with van der Waals surface area (Å²) in [5.74, 6) is -0.0356. The lowest BCUT2D eigenvalue weighted by atomic mass is 9.98. The predicted octanol–water partition coefficient (Wildman–Crippen LogP) is 2.87. The summed E-state index contributed by atoms with van der Waals surface area (Å²) >= 11 is 0. The number of pyridine rings is 1. The minimum Gasteiger partial charge on any atom is -0.314 e. The summed E-state index contributed by atoms with van der Waals surface area (Å²) in [7, 11) is 1.86. The van der Waals surface area contributed by atoms with Gasteiger partial charge >= 0.3 is 0 Å². The number of nitrogens with one attached hydrogen (secondary N) is 2. The van der Waals surface area contributed by atoms with Crippen LogP contribution < -0.4 is 10.6 Å². The largest absolute Gasteiger partial charge is 0.314 e. The molecule has 0 bridgehead atoms. The first-order valence-electron chi connectivity index (χ1n) is 11.0. The van der Waals surface area contributed by atoms with E-state index in [1.807, 2.05) is 56.6 Å². The third kappa shape index (κ3) is 5.54. The molecule has 0 aliphatic carbocycles. The lowest BCUT2D eigenvalue weighted by molar-refractivity contribution is -0.117. The van der Waals surface area contributed by atoms with Crippen LogP contribution in [0.15, 0.2) is 67.1 Å². The number of hydrogen-bond donors (Lipinski definition) is 2. The number of carbonyl (C=O) groups is 1. The van der Waals surface area contributed by atoms with Crippen molar-refractivity contribution in [2.45, 2.75) is 19.4 Å². The molecular formula is C25H26N8O. The van der Waals surface area contributed by atoms with Crippen LogP contribution >= 0.6 is 0 Å². The normalized spacial score (nSPS) is 11.7. The Balaban J connectivity index is 1.39. The van der Waals surface area contributed by atoms with Gasteiger partial charge in [-0.15, -0.1) is 0 Å². The van der Waals surface area contributed by atoms with Crippen molar-refractivity contribution in [1.82, 2.24) is 29.9 Å². The Morgan fingerprint density at radius 3 is 2.62 bits per heavy atom. The highest BCUT2D eigenvalue weighted by molar-refractivity contribution is 5.95. The second-order valence-corrected chi connectivity index (χ2v) is 8.00. The van der Waals surface area contributed by atoms with E-state index in [9.17, 15) is 4.79 Å². The van der Waals surface area contributed by atoms with Crippen molar-refractivity contribution >= 4 is 11.7 Å². The van der Waals surface area contributed by atoms with Crippen LogP contribution in [0, 0.1) is 18.3 Å². The molecule has 0 spiro atoms. The van der Waals surface area contributed by atoms with E-state index in [0.29, 0.717) is 31.1 Å². The van der Waals surface area contributed by atoms with Crippen LogP contribution in [0.2, 0.25) is 0 Å². The third-order valence-electron chi connectivity index (χ3n) is 5.52. The topological polar surface area (TPSA) is 113 Å². The van der Waals surface area contributed by atoms with Crippen molar-refractivity contribution in [2.75, 3.05) is 18.4 Å². The van der Waals surface area contributed by atoms with E-state index in [1.165, 1.54) is 0 Å². The summed E-state index contributed by atoms with van der Waals surface area (Å²) in [5.41, 5.74) is 4.15. The van der Waals surface area contributed by atoms with Gasteiger partial charge in [-0.05, 0) is 30.7 Å². The third-order valence-corrected chi connectivity index (χ3v) is 5.52. The molecule has 3 aromatic heterocycles. The maximum Gasteiger partial charge on any atom is 0.234 e. The van der Waals surface area contributed by atoms with Crippen LogP contribution in [0.5, 0.6) is 0 Å². The Kier molecular flexibility index (Phi) is 7.10. The average molecular weight is 455 g/mol. The van der Waals surface area contributed by atoms with Crippen molar-refractivity contribution in [2.24, 2.45) is 7.05 Å². The number of anilines is 1. The van der Waals surface area contributed by atoms with Crippen LogP contribution in [-0.4, -0.2) is 43.5 Å². The van der Waals surface area contributed by atoms with Crippen molar-refractivity contribution < 1.29 is 4.79 Å². The van der Waals surface area contributed by atoms with Crippen molar-refractivity contribution in [3.05, 3.63) is 84.1 Å². The smallest absolute Gasteiger partial charge is 0.234 e. The lowest BCUT2D eigenvalue weighted by Gasteiger charge is -2.18. The molecule has 4 rings (SSSR count). The molecule has 2 N–H and O–H groups in total. The zero-order valence-electron chi connectivity index (χ0n) is 19.1. The van der Waals surface area contributed by atoms with Gasteiger partial charge in [0.25, 0.3) is 0 Å². The van der Waals surface area contributed by atoms with Crippen LogP contribution in [0.3, 0.4) is 0 Å². The van der Waals surface area contributed by atoms with Gasteiger partial charge in [0.05, 0.1) is 18.7 Å². The van der Waals surface area contributed by atoms with Gasteiger partial charge in [0.15, 0.2) is 5.69 Å². The molecule has 34 heavy (non-hydrogen) atoms. The molecule has 1 unspecified atom stereocenters. The molecule has 1 amide bonds. The second-order valence-electron chi connectivity index (χ2n) is 8.00. The highest BCUT2D eigenvalue weighted by atomic mass is 16.2. The van der Waals surface area contributed by atoms with E-state index in [-0.39, 0.29) is 5.91 Å². The fourth-order valence-electron chi connectivity index (χ4n) is 3.69. The summed E-state index contributed by atoms with van der Waals surface area (Å²) in [4.78, 5) is 17.6. The SMILES string of the molecule is Cc1cc(C#N)nn1CCNCC(C(=O)Nc1ccc(-c2cnn(C)c2)cn1)c1ccccc1. The van der Waals surface area contributed by atoms with E-state index in [1.54, 1.807) is 33.9 Å². The number of rotatable bonds is 9. The molecular weight excluding hydrogens is 428 g/mol. The standard InChI is InChI=1S/C25H26N8O/c1-18-12-22(13-26)31-33(18)11-10-27-16-23(19-6-4-3-5-7-19)25(34)30-24-9-8-20(14-28-24)21-15-29-32(2)17-21/h3-9,12,14-15,17,23,27H,10-11,16H2,1-2H3,(H,28,30,34). The van der Waals surface area contributed by atoms with Crippen LogP contribution in [0.25, 0.3) is 11.1 Å². The Morgan fingerprint density at radius 2 is 1.97 bits per heavy atom. The maximum atomic E-state index is 13.2. The quantitative estimate of drug-likeness (QED) is 0.376. The minimum absolute atomic E-state index is 0.137. The molecule has 1 aromatic carbocycles. The summed E-state index contributed by atoms with van der Waals surface area (Å²) in [6, 6.07) is 17.2. The van der Waals surface area contributed by atoms with Gasteiger partial charge in [0.2, 0.25) is 5.91 Å². The van der Waals surface area contributed by atoms with Gasteiger partial charge in [-0.1, -0.05) is 30.3 Å². The predicted molar refractivity (Wildman–Crippen MR) is 129 cm³/mol. The number of aryl methyl sites for hydroxylation is 2. The molecule has 3 heterocycles. The highest BCUT2D eigenvalue weighted by Gasteiger charge is 2.21. The second kappa shape index (κ2) is 10.6. The van der Waals surface area contributed by atoms with Crippen molar-refractivity contribution in [3.63, 3.8) is 0 Å². The highest BCUT2D eigenvalue weighted by Crippen LogP contribution is 2.20. The number of nitrogens with zero attached hydrogens (tertiary/aromatic N) is 6. The molecule has 1 atom stereocenters. The molecule has 4 aromatic rings. The first-order chi connectivity index (χ1) is 16.5. The zero-order valence-corrected chi connectivity index (χ0v) is 19.1. The number of hydrogen-bond acceptors (Lipinski definition) is 6. The summed E-state index contributed by atoms with van der Waals surface area (Å²) < 4.78 is 3.52. The summed E-state index contributed by atoms with van der Waals surface area (Å²) in [6.45, 7) is 3.59. The van der Waals surface area contributed by atoms with E-state index in [2.05, 4.69) is 31.9 Å². The van der Waals surface area contributed by atoms with Gasteiger partial charge in [-0.3, -0.25) is 14.2 Å². The zero-order chi connectivity index (χ0) is 23.9. The van der Waals surface area contributed by atoms with Crippen LogP contribution in [0.4, 0.5) is 5.82 Å². The van der Waals surface area contributed by atoms with Gasteiger partial charge in [0, 0.05) is 49.4 Å². The maximum absolute atomic E-state index is 13.2. The van der Waals surface area contributed by atoms with Crippen molar-refractivity contribution in [3.8, 4) is 17.2 Å². The molecule has 0 aliphatic heterocycles. The van der Waals surface area contributed by atoms with E-state index in [0.717, 1.165) is 22.4 Å².